The molecule has 0 bridgehead atoms. The highest BCUT2D eigenvalue weighted by Crippen LogP contribution is 2.29. The van der Waals surface area contributed by atoms with Crippen LogP contribution in [0.3, 0.4) is 0 Å². The molecule has 0 spiro atoms. The second kappa shape index (κ2) is 7.23. The Balaban J connectivity index is 1.41. The fraction of sp³-hybridized carbons (Fsp3) is 0.400. The van der Waals surface area contributed by atoms with Crippen LogP contribution in [-0.2, 0) is 21.8 Å². The topological polar surface area (TPSA) is 9.23 Å². The molecule has 2 fully saturated rings. The molecule has 0 unspecified atom stereocenters. The predicted molar refractivity (Wildman–Crippen MR) is 102 cm³/mol. The molecule has 0 N–H and O–H groups in total. The minimum absolute atomic E-state index is 0.495. The Labute approximate surface area is 145 Å². The molecule has 2 aromatic carbocycles. The Bertz CT molecular complexity index is 566. The molecule has 0 saturated carbocycles. The van der Waals surface area contributed by atoms with Crippen molar-refractivity contribution in [1.82, 2.24) is 0 Å². The zero-order valence-electron chi connectivity index (χ0n) is 13.5. The number of rotatable bonds is 4. The maximum Gasteiger partial charge on any atom is 0.155 e. The van der Waals surface area contributed by atoms with Crippen LogP contribution in [-0.4, -0.2) is 23.0 Å². The molecule has 120 valence electrons. The molecular formula is C20H24OS2+2. The van der Waals surface area contributed by atoms with Crippen molar-refractivity contribution in [2.24, 2.45) is 0 Å². The molecular weight excluding hydrogens is 320 g/mol. The first-order valence-electron chi connectivity index (χ1n) is 8.61. The van der Waals surface area contributed by atoms with Gasteiger partial charge >= 0.3 is 0 Å². The van der Waals surface area contributed by atoms with E-state index in [1.807, 2.05) is 0 Å². The summed E-state index contributed by atoms with van der Waals surface area (Å²) < 4.78 is 6.02. The van der Waals surface area contributed by atoms with E-state index in [2.05, 4.69) is 48.5 Å². The molecule has 0 atom stereocenters. The molecule has 0 amide bonds. The van der Waals surface area contributed by atoms with E-state index >= 15 is 0 Å². The third kappa shape index (κ3) is 3.72. The van der Waals surface area contributed by atoms with Gasteiger partial charge in [0.2, 0.25) is 0 Å². The van der Waals surface area contributed by atoms with E-state index in [-0.39, 0.29) is 0 Å². The minimum Gasteiger partial charge on any atom is -0.457 e. The average Bonchev–Trinajstić information content (AvgIpc) is 3.30. The molecule has 1 nitrogen and oxygen atoms in total. The van der Waals surface area contributed by atoms with Crippen LogP contribution in [0.15, 0.2) is 58.3 Å². The summed E-state index contributed by atoms with van der Waals surface area (Å²) in [6, 6.07) is 17.6. The van der Waals surface area contributed by atoms with Crippen LogP contribution in [0.2, 0.25) is 0 Å². The molecule has 2 aromatic rings. The third-order valence-corrected chi connectivity index (χ3v) is 9.62. The van der Waals surface area contributed by atoms with E-state index in [1.165, 1.54) is 58.5 Å². The van der Waals surface area contributed by atoms with Crippen LogP contribution >= 0.6 is 0 Å². The SMILES string of the molecule is c1cc([S+]2CCCC2)ccc1Oc1ccc([S+]2CCCC2)cc1. The second-order valence-electron chi connectivity index (χ2n) is 6.26. The van der Waals surface area contributed by atoms with Crippen LogP contribution in [0.4, 0.5) is 0 Å². The highest BCUT2D eigenvalue weighted by molar-refractivity contribution is 7.97. The molecule has 4 rings (SSSR count). The number of ether oxygens (including phenoxy) is 1. The summed E-state index contributed by atoms with van der Waals surface area (Å²) in [5, 5.41) is 0. The van der Waals surface area contributed by atoms with Crippen molar-refractivity contribution in [2.45, 2.75) is 35.5 Å². The van der Waals surface area contributed by atoms with Crippen LogP contribution in [0.25, 0.3) is 0 Å². The minimum atomic E-state index is 0.495. The molecule has 2 heterocycles. The summed E-state index contributed by atoms with van der Waals surface area (Å²) in [6.07, 6.45) is 5.59. The van der Waals surface area contributed by atoms with Gasteiger partial charge in [0.05, 0.1) is 0 Å². The van der Waals surface area contributed by atoms with Gasteiger partial charge in [-0.05, 0) is 74.2 Å². The van der Waals surface area contributed by atoms with E-state index in [0.29, 0.717) is 21.8 Å². The van der Waals surface area contributed by atoms with Gasteiger partial charge in [-0.3, -0.25) is 0 Å². The highest BCUT2D eigenvalue weighted by Gasteiger charge is 2.27. The molecule has 2 aliphatic rings. The molecule has 23 heavy (non-hydrogen) atoms. The maximum atomic E-state index is 6.02. The van der Waals surface area contributed by atoms with Gasteiger partial charge < -0.3 is 4.74 Å². The average molecular weight is 345 g/mol. The first-order chi connectivity index (χ1) is 11.4. The number of hydrogen-bond acceptors (Lipinski definition) is 1. The summed E-state index contributed by atoms with van der Waals surface area (Å²) in [4.78, 5) is 3.01. The maximum absolute atomic E-state index is 6.02. The lowest BCUT2D eigenvalue weighted by atomic mass is 10.3. The number of hydrogen-bond donors (Lipinski definition) is 0. The lowest BCUT2D eigenvalue weighted by Crippen LogP contribution is -2.03. The summed E-state index contributed by atoms with van der Waals surface area (Å²) in [6.45, 7) is 0. The molecule has 2 aliphatic heterocycles. The van der Waals surface area contributed by atoms with Crippen molar-refractivity contribution in [1.29, 1.82) is 0 Å². The molecule has 0 aromatic heterocycles. The van der Waals surface area contributed by atoms with Crippen LogP contribution < -0.4 is 4.74 Å². The summed E-state index contributed by atoms with van der Waals surface area (Å²) in [7, 11) is 0.990. The van der Waals surface area contributed by atoms with Crippen molar-refractivity contribution >= 4 is 21.8 Å². The fourth-order valence-corrected chi connectivity index (χ4v) is 7.92. The molecule has 0 radical (unpaired) electrons. The van der Waals surface area contributed by atoms with E-state index in [0.717, 1.165) is 11.5 Å². The Morgan fingerprint density at radius 2 is 0.870 bits per heavy atom. The zero-order valence-corrected chi connectivity index (χ0v) is 15.1. The van der Waals surface area contributed by atoms with Gasteiger partial charge in [-0.2, -0.15) is 0 Å². The van der Waals surface area contributed by atoms with E-state index in [9.17, 15) is 0 Å². The first kappa shape index (κ1) is 15.5. The largest absolute Gasteiger partial charge is 0.457 e. The Hall–Kier alpha value is -1.06. The van der Waals surface area contributed by atoms with Gasteiger partial charge in [0.1, 0.15) is 34.5 Å². The highest BCUT2D eigenvalue weighted by atomic mass is 32.2. The van der Waals surface area contributed by atoms with Gasteiger partial charge in [-0.25, -0.2) is 0 Å². The fourth-order valence-electron chi connectivity index (χ4n) is 3.32. The van der Waals surface area contributed by atoms with Gasteiger partial charge in [0.15, 0.2) is 9.79 Å². The van der Waals surface area contributed by atoms with E-state index < -0.39 is 0 Å². The smallest absolute Gasteiger partial charge is 0.155 e. The lowest BCUT2D eigenvalue weighted by Gasteiger charge is -2.07. The monoisotopic (exact) mass is 344 g/mol. The van der Waals surface area contributed by atoms with Gasteiger partial charge in [-0.1, -0.05) is 0 Å². The normalized spacial score (nSPS) is 19.3. The van der Waals surface area contributed by atoms with Crippen LogP contribution in [0.1, 0.15) is 25.7 Å². The molecule has 3 heteroatoms. The van der Waals surface area contributed by atoms with Crippen molar-refractivity contribution < 1.29 is 4.74 Å². The number of benzene rings is 2. The first-order valence-corrected chi connectivity index (χ1v) is 11.7. The Kier molecular flexibility index (Phi) is 4.86. The third-order valence-electron chi connectivity index (χ3n) is 4.61. The van der Waals surface area contributed by atoms with Crippen molar-refractivity contribution in [3.8, 4) is 11.5 Å². The quantitative estimate of drug-likeness (QED) is 0.708. The summed E-state index contributed by atoms with van der Waals surface area (Å²) in [5.41, 5.74) is 0. The molecule has 0 aliphatic carbocycles. The van der Waals surface area contributed by atoms with Crippen molar-refractivity contribution in [3.63, 3.8) is 0 Å². The lowest BCUT2D eigenvalue weighted by molar-refractivity contribution is 0.482. The van der Waals surface area contributed by atoms with Crippen LogP contribution in [0.5, 0.6) is 11.5 Å². The Morgan fingerprint density at radius 3 is 1.22 bits per heavy atom. The predicted octanol–water partition coefficient (Wildman–Crippen LogP) is 5.02. The summed E-state index contributed by atoms with van der Waals surface area (Å²) >= 11 is 0. The summed E-state index contributed by atoms with van der Waals surface area (Å²) in [5.74, 6) is 7.42. The Morgan fingerprint density at radius 1 is 0.522 bits per heavy atom. The second-order valence-corrected chi connectivity index (χ2v) is 10.8. The van der Waals surface area contributed by atoms with E-state index in [4.69, 9.17) is 4.74 Å². The molecule has 2 saturated heterocycles. The van der Waals surface area contributed by atoms with Gasteiger partial charge in [0.25, 0.3) is 0 Å². The van der Waals surface area contributed by atoms with E-state index in [1.54, 1.807) is 0 Å². The van der Waals surface area contributed by atoms with Crippen molar-refractivity contribution in [3.05, 3.63) is 48.5 Å². The van der Waals surface area contributed by atoms with Crippen LogP contribution in [0, 0.1) is 0 Å². The van der Waals surface area contributed by atoms with Gasteiger partial charge in [-0.15, -0.1) is 0 Å². The standard InChI is InChI=1S/C20H24OS2/c1-2-14-22(13-1)19-9-5-17(6-10-19)21-18-7-11-20(12-8-18)23-15-3-4-16-23/h5-12H,1-4,13-16H2/q+2. The van der Waals surface area contributed by atoms with Crippen molar-refractivity contribution in [2.75, 3.05) is 23.0 Å². The van der Waals surface area contributed by atoms with Gasteiger partial charge in [0, 0.05) is 21.8 Å². The zero-order chi connectivity index (χ0) is 15.5.